The molecule has 2 aromatic carbocycles. The summed E-state index contributed by atoms with van der Waals surface area (Å²) in [6, 6.07) is 15.7. The highest BCUT2D eigenvalue weighted by molar-refractivity contribution is 6.30. The predicted molar refractivity (Wildman–Crippen MR) is 116 cm³/mol. The maximum Gasteiger partial charge on any atom is 0.253 e. The molecule has 1 aliphatic carbocycles. The maximum atomic E-state index is 12.0. The van der Waals surface area contributed by atoms with Gasteiger partial charge in [0.15, 0.2) is 5.96 Å². The second kappa shape index (κ2) is 9.11. The molecule has 0 saturated heterocycles. The molecular weight excluding hydrogens is 372 g/mol. The van der Waals surface area contributed by atoms with Crippen molar-refractivity contribution >= 4 is 29.2 Å². The molecule has 28 heavy (non-hydrogen) atoms. The van der Waals surface area contributed by atoms with Gasteiger partial charge in [0, 0.05) is 30.4 Å². The Bertz CT molecular complexity index is 823. The van der Waals surface area contributed by atoms with Gasteiger partial charge in [-0.2, -0.15) is 0 Å². The number of guanidine groups is 1. The van der Waals surface area contributed by atoms with Crippen LogP contribution in [0.25, 0.3) is 0 Å². The van der Waals surface area contributed by atoms with Crippen molar-refractivity contribution in [2.75, 3.05) is 19.4 Å². The summed E-state index contributed by atoms with van der Waals surface area (Å²) in [7, 11) is 3.54. The van der Waals surface area contributed by atoms with Crippen molar-refractivity contribution in [3.05, 3.63) is 64.7 Å². The SMILES string of the molecule is CN(C)C(=O)c1ccc(C2CCC(N=C(N)Nc3ccc(Cl)cc3)CC2)cc1. The third-order valence-electron chi connectivity index (χ3n) is 5.17. The maximum absolute atomic E-state index is 12.0. The zero-order valence-electron chi connectivity index (χ0n) is 16.4. The van der Waals surface area contributed by atoms with E-state index in [0.717, 1.165) is 36.9 Å². The number of nitrogens with zero attached hydrogens (tertiary/aromatic N) is 2. The van der Waals surface area contributed by atoms with Gasteiger partial charge in [0.2, 0.25) is 0 Å². The van der Waals surface area contributed by atoms with E-state index in [9.17, 15) is 4.79 Å². The average Bonchev–Trinajstić information content (AvgIpc) is 2.70. The van der Waals surface area contributed by atoms with Crippen LogP contribution >= 0.6 is 11.6 Å². The van der Waals surface area contributed by atoms with E-state index in [0.29, 0.717) is 16.9 Å². The molecule has 1 amide bonds. The lowest BCUT2D eigenvalue weighted by atomic mass is 9.82. The minimum atomic E-state index is 0.0354. The van der Waals surface area contributed by atoms with Crippen LogP contribution in [0.2, 0.25) is 5.02 Å². The van der Waals surface area contributed by atoms with E-state index in [1.54, 1.807) is 19.0 Å². The van der Waals surface area contributed by atoms with Crippen LogP contribution in [-0.4, -0.2) is 36.9 Å². The fourth-order valence-corrected chi connectivity index (χ4v) is 3.73. The number of anilines is 1. The molecule has 1 aliphatic rings. The summed E-state index contributed by atoms with van der Waals surface area (Å²) in [5.74, 6) is 0.992. The van der Waals surface area contributed by atoms with E-state index in [4.69, 9.17) is 17.3 Å². The molecule has 0 bridgehead atoms. The summed E-state index contributed by atoms with van der Waals surface area (Å²) in [5, 5.41) is 3.81. The number of hydrogen-bond acceptors (Lipinski definition) is 2. The van der Waals surface area contributed by atoms with Crippen LogP contribution in [0.3, 0.4) is 0 Å². The fourth-order valence-electron chi connectivity index (χ4n) is 3.60. The number of nitrogens with two attached hydrogens (primary N) is 1. The first-order valence-electron chi connectivity index (χ1n) is 9.60. The number of carbonyl (C=O) groups excluding carboxylic acids is 1. The van der Waals surface area contributed by atoms with Gasteiger partial charge in [-0.05, 0) is 73.6 Å². The van der Waals surface area contributed by atoms with Crippen LogP contribution in [0.1, 0.15) is 47.5 Å². The van der Waals surface area contributed by atoms with Crippen molar-refractivity contribution in [3.8, 4) is 0 Å². The molecule has 0 radical (unpaired) electrons. The summed E-state index contributed by atoms with van der Waals surface area (Å²) >= 11 is 5.90. The molecule has 0 aromatic heterocycles. The van der Waals surface area contributed by atoms with Crippen LogP contribution in [0.5, 0.6) is 0 Å². The van der Waals surface area contributed by atoms with E-state index in [2.05, 4.69) is 22.4 Å². The van der Waals surface area contributed by atoms with Gasteiger partial charge in [0.25, 0.3) is 5.91 Å². The third-order valence-corrected chi connectivity index (χ3v) is 5.42. The Hall–Kier alpha value is -2.53. The minimum Gasteiger partial charge on any atom is -0.370 e. The number of nitrogens with one attached hydrogen (secondary N) is 1. The highest BCUT2D eigenvalue weighted by atomic mass is 35.5. The second-order valence-electron chi connectivity index (χ2n) is 7.47. The summed E-state index contributed by atoms with van der Waals surface area (Å²) in [6.07, 6.45) is 4.16. The van der Waals surface area contributed by atoms with E-state index in [1.165, 1.54) is 5.56 Å². The topological polar surface area (TPSA) is 70.7 Å². The van der Waals surface area contributed by atoms with Gasteiger partial charge in [-0.3, -0.25) is 4.79 Å². The Morgan fingerprint density at radius 2 is 1.64 bits per heavy atom. The first kappa shape index (κ1) is 20.2. The van der Waals surface area contributed by atoms with E-state index in [1.807, 2.05) is 36.4 Å². The number of carbonyl (C=O) groups is 1. The number of aliphatic imine (C=N–C) groups is 1. The molecule has 6 heteroatoms. The van der Waals surface area contributed by atoms with Crippen LogP contribution in [0.15, 0.2) is 53.5 Å². The van der Waals surface area contributed by atoms with Gasteiger partial charge in [-0.15, -0.1) is 0 Å². The molecule has 2 aromatic rings. The smallest absolute Gasteiger partial charge is 0.253 e. The minimum absolute atomic E-state index is 0.0354. The number of rotatable bonds is 4. The summed E-state index contributed by atoms with van der Waals surface area (Å²) in [4.78, 5) is 18.2. The number of hydrogen-bond donors (Lipinski definition) is 2. The second-order valence-corrected chi connectivity index (χ2v) is 7.91. The molecule has 3 rings (SSSR count). The van der Waals surface area contributed by atoms with Crippen LogP contribution in [0, 0.1) is 0 Å². The lowest BCUT2D eigenvalue weighted by Gasteiger charge is -2.27. The van der Waals surface area contributed by atoms with E-state index in [-0.39, 0.29) is 11.9 Å². The zero-order valence-corrected chi connectivity index (χ0v) is 17.1. The average molecular weight is 399 g/mol. The third kappa shape index (κ3) is 5.26. The zero-order chi connectivity index (χ0) is 20.1. The lowest BCUT2D eigenvalue weighted by molar-refractivity contribution is 0.0827. The molecule has 1 fully saturated rings. The van der Waals surface area contributed by atoms with Gasteiger partial charge in [0.1, 0.15) is 0 Å². The van der Waals surface area contributed by atoms with Gasteiger partial charge >= 0.3 is 0 Å². The predicted octanol–water partition coefficient (Wildman–Crippen LogP) is 4.49. The fraction of sp³-hybridized carbons (Fsp3) is 0.364. The highest BCUT2D eigenvalue weighted by Gasteiger charge is 2.22. The first-order valence-corrected chi connectivity index (χ1v) is 9.97. The normalized spacial score (nSPS) is 19.9. The molecule has 3 N–H and O–H groups in total. The highest BCUT2D eigenvalue weighted by Crippen LogP contribution is 2.34. The molecule has 0 heterocycles. The summed E-state index contributed by atoms with van der Waals surface area (Å²) in [5.41, 5.74) is 8.97. The summed E-state index contributed by atoms with van der Waals surface area (Å²) in [6.45, 7) is 0. The van der Waals surface area contributed by atoms with Crippen LogP contribution in [-0.2, 0) is 0 Å². The van der Waals surface area contributed by atoms with E-state index < -0.39 is 0 Å². The summed E-state index contributed by atoms with van der Waals surface area (Å²) < 4.78 is 0. The molecule has 1 saturated carbocycles. The van der Waals surface area contributed by atoms with Gasteiger partial charge < -0.3 is 16.0 Å². The van der Waals surface area contributed by atoms with Crippen molar-refractivity contribution in [2.24, 2.45) is 10.7 Å². The number of benzene rings is 2. The van der Waals surface area contributed by atoms with Crippen molar-refractivity contribution in [1.29, 1.82) is 0 Å². The molecule has 148 valence electrons. The molecule has 0 aliphatic heterocycles. The van der Waals surface area contributed by atoms with Gasteiger partial charge in [-0.1, -0.05) is 23.7 Å². The van der Waals surface area contributed by atoms with Crippen molar-refractivity contribution in [2.45, 2.75) is 37.6 Å². The quantitative estimate of drug-likeness (QED) is 0.588. The molecule has 0 unspecified atom stereocenters. The molecular formula is C22H27ClN4O. The number of amides is 1. The Labute approximate surface area is 171 Å². The molecule has 0 atom stereocenters. The van der Waals surface area contributed by atoms with Crippen LogP contribution < -0.4 is 11.1 Å². The Morgan fingerprint density at radius 1 is 1.04 bits per heavy atom. The largest absolute Gasteiger partial charge is 0.370 e. The van der Waals surface area contributed by atoms with Crippen molar-refractivity contribution < 1.29 is 4.79 Å². The molecule has 5 nitrogen and oxygen atoms in total. The lowest BCUT2D eigenvalue weighted by Crippen LogP contribution is -2.27. The number of halogens is 1. The van der Waals surface area contributed by atoms with Gasteiger partial charge in [-0.25, -0.2) is 4.99 Å². The first-order chi connectivity index (χ1) is 13.4. The standard InChI is InChI=1S/C22H27ClN4O/c1-27(2)21(28)17-5-3-15(4-6-17)16-7-11-19(12-8-16)25-22(24)26-20-13-9-18(23)10-14-20/h3-6,9-10,13-14,16,19H,7-8,11-12H2,1-2H3,(H3,24,25,26). The monoisotopic (exact) mass is 398 g/mol. The Kier molecular flexibility index (Phi) is 6.57. The van der Waals surface area contributed by atoms with Gasteiger partial charge in [0.05, 0.1) is 6.04 Å². The molecule has 0 spiro atoms. The Balaban J connectivity index is 1.53. The van der Waals surface area contributed by atoms with E-state index >= 15 is 0 Å². The Morgan fingerprint density at radius 3 is 2.21 bits per heavy atom. The van der Waals surface area contributed by atoms with Crippen molar-refractivity contribution in [1.82, 2.24) is 4.90 Å². The van der Waals surface area contributed by atoms with Crippen molar-refractivity contribution in [3.63, 3.8) is 0 Å². The van der Waals surface area contributed by atoms with Crippen LogP contribution in [0.4, 0.5) is 5.69 Å².